The molecule has 0 N–H and O–H groups in total. The minimum Gasteiger partial charge on any atom is -0.494 e. The Kier molecular flexibility index (Phi) is 4.97. The van der Waals surface area contributed by atoms with Gasteiger partial charge in [-0.1, -0.05) is 12.1 Å². The second-order valence-electron chi connectivity index (χ2n) is 6.07. The zero-order valence-electron chi connectivity index (χ0n) is 14.3. The normalized spacial score (nSPS) is 13.0. The van der Waals surface area contributed by atoms with Crippen molar-refractivity contribution >= 4 is 17.5 Å². The number of nitro benzene ring substituents is 1. The first kappa shape index (κ1) is 17.6. The van der Waals surface area contributed by atoms with Crippen molar-refractivity contribution in [3.05, 3.63) is 69.3 Å². The van der Waals surface area contributed by atoms with Gasteiger partial charge in [-0.25, -0.2) is 0 Å². The lowest BCUT2D eigenvalue weighted by molar-refractivity contribution is -0.385. The van der Waals surface area contributed by atoms with Crippen molar-refractivity contribution in [3.63, 3.8) is 0 Å². The van der Waals surface area contributed by atoms with Crippen LogP contribution in [0.2, 0.25) is 0 Å². The molecule has 1 aliphatic heterocycles. The van der Waals surface area contributed by atoms with Gasteiger partial charge in [-0.2, -0.15) is 0 Å². The molecule has 2 amide bonds. The number of imide groups is 1. The predicted octanol–water partition coefficient (Wildman–Crippen LogP) is 3.36. The van der Waals surface area contributed by atoms with Crippen LogP contribution in [0.3, 0.4) is 0 Å². The number of fused-ring (bicyclic) bond motifs is 1. The van der Waals surface area contributed by atoms with Gasteiger partial charge >= 0.3 is 0 Å². The molecular formula is C19H18N2O5. The van der Waals surface area contributed by atoms with Gasteiger partial charge in [0.25, 0.3) is 17.5 Å². The van der Waals surface area contributed by atoms with Gasteiger partial charge in [0.1, 0.15) is 5.75 Å². The maximum atomic E-state index is 12.2. The van der Waals surface area contributed by atoms with E-state index < -0.39 is 4.92 Å². The molecule has 0 bridgehead atoms. The first-order valence-corrected chi connectivity index (χ1v) is 8.32. The first-order chi connectivity index (χ1) is 12.5. The monoisotopic (exact) mass is 354 g/mol. The third-order valence-corrected chi connectivity index (χ3v) is 4.29. The van der Waals surface area contributed by atoms with E-state index >= 15 is 0 Å². The maximum Gasteiger partial charge on any atom is 0.272 e. The summed E-state index contributed by atoms with van der Waals surface area (Å²) in [6.07, 6.45) is 1.28. The minimum atomic E-state index is -0.429. The zero-order chi connectivity index (χ0) is 18.7. The van der Waals surface area contributed by atoms with Crippen molar-refractivity contribution < 1.29 is 19.2 Å². The molecule has 0 spiro atoms. The predicted molar refractivity (Wildman–Crippen MR) is 94.4 cm³/mol. The Bertz CT molecular complexity index is 843. The summed E-state index contributed by atoms with van der Waals surface area (Å²) in [7, 11) is 0. The van der Waals surface area contributed by atoms with E-state index in [1.807, 2.05) is 0 Å². The molecule has 0 unspecified atom stereocenters. The molecule has 26 heavy (non-hydrogen) atoms. The highest BCUT2D eigenvalue weighted by atomic mass is 16.6. The third-order valence-electron chi connectivity index (χ3n) is 4.29. The Hall–Kier alpha value is -3.22. The van der Waals surface area contributed by atoms with E-state index in [-0.39, 0.29) is 17.5 Å². The molecule has 7 heteroatoms. The summed E-state index contributed by atoms with van der Waals surface area (Å²) < 4.78 is 5.59. The molecule has 1 heterocycles. The highest BCUT2D eigenvalue weighted by Crippen LogP contribution is 2.24. The van der Waals surface area contributed by atoms with Crippen LogP contribution < -0.4 is 4.74 Å². The molecule has 0 fully saturated rings. The van der Waals surface area contributed by atoms with Gasteiger partial charge in [-0.3, -0.25) is 24.6 Å². The third kappa shape index (κ3) is 3.42. The fourth-order valence-electron chi connectivity index (χ4n) is 2.93. The molecular weight excluding hydrogens is 336 g/mol. The molecule has 2 aromatic rings. The summed E-state index contributed by atoms with van der Waals surface area (Å²) in [5.41, 5.74) is 1.51. The molecule has 7 nitrogen and oxygen atoms in total. The number of carbonyl (C=O) groups is 2. The Balaban J connectivity index is 1.47. The number of ether oxygens (including phenoxy) is 1. The molecule has 0 aromatic heterocycles. The number of carbonyl (C=O) groups excluding carboxylic acids is 2. The standard InChI is InChI=1S/C19H18N2O5/c1-13-12-14(8-9-17(13)21(24)25)26-11-5-4-10-20-18(22)15-6-2-3-7-16(15)19(20)23/h2-3,6-9,12H,4-5,10-11H2,1H3. The SMILES string of the molecule is Cc1cc(OCCCCN2C(=O)c3ccccc3C2=O)ccc1[N+](=O)[O-]. The van der Waals surface area contributed by atoms with E-state index in [0.29, 0.717) is 48.4 Å². The lowest BCUT2D eigenvalue weighted by Crippen LogP contribution is -2.30. The summed E-state index contributed by atoms with van der Waals surface area (Å²) in [6, 6.07) is 11.4. The second-order valence-corrected chi connectivity index (χ2v) is 6.07. The number of hydrogen-bond donors (Lipinski definition) is 0. The van der Waals surface area contributed by atoms with E-state index in [1.165, 1.54) is 11.0 Å². The molecule has 3 rings (SSSR count). The zero-order valence-corrected chi connectivity index (χ0v) is 14.3. The van der Waals surface area contributed by atoms with Gasteiger partial charge < -0.3 is 4.74 Å². The van der Waals surface area contributed by atoms with E-state index in [4.69, 9.17) is 4.74 Å². The van der Waals surface area contributed by atoms with Crippen LogP contribution in [-0.2, 0) is 0 Å². The number of unbranched alkanes of at least 4 members (excludes halogenated alkanes) is 1. The van der Waals surface area contributed by atoms with E-state index in [0.717, 1.165) is 0 Å². The van der Waals surface area contributed by atoms with Crippen LogP contribution in [0.25, 0.3) is 0 Å². The van der Waals surface area contributed by atoms with Crippen LogP contribution in [0, 0.1) is 17.0 Å². The number of benzene rings is 2. The van der Waals surface area contributed by atoms with E-state index in [2.05, 4.69) is 0 Å². The summed E-state index contributed by atoms with van der Waals surface area (Å²) in [6.45, 7) is 2.41. The smallest absolute Gasteiger partial charge is 0.272 e. The van der Waals surface area contributed by atoms with Gasteiger partial charge in [-0.05, 0) is 44.0 Å². The van der Waals surface area contributed by atoms with Gasteiger partial charge in [0.2, 0.25) is 0 Å². The topological polar surface area (TPSA) is 89.8 Å². The number of nitrogens with zero attached hydrogens (tertiary/aromatic N) is 2. The fourth-order valence-corrected chi connectivity index (χ4v) is 2.93. The van der Waals surface area contributed by atoms with Gasteiger partial charge in [0.15, 0.2) is 0 Å². The van der Waals surface area contributed by atoms with Crippen molar-refractivity contribution in [3.8, 4) is 5.75 Å². The van der Waals surface area contributed by atoms with E-state index in [9.17, 15) is 19.7 Å². The Morgan fingerprint density at radius 2 is 1.69 bits per heavy atom. The van der Waals surface area contributed by atoms with Gasteiger partial charge in [0.05, 0.1) is 22.7 Å². The van der Waals surface area contributed by atoms with Crippen molar-refractivity contribution in [2.75, 3.05) is 13.2 Å². The number of nitro groups is 1. The quantitative estimate of drug-likeness (QED) is 0.329. The summed E-state index contributed by atoms with van der Waals surface area (Å²) in [5.74, 6) is 0.0591. The van der Waals surface area contributed by atoms with Crippen LogP contribution in [0.15, 0.2) is 42.5 Å². The van der Waals surface area contributed by atoms with Gasteiger partial charge in [-0.15, -0.1) is 0 Å². The van der Waals surface area contributed by atoms with Crippen molar-refractivity contribution in [1.29, 1.82) is 0 Å². The Labute approximate surface area is 150 Å². The average molecular weight is 354 g/mol. The molecule has 0 aliphatic carbocycles. The molecule has 2 aromatic carbocycles. The lowest BCUT2D eigenvalue weighted by Gasteiger charge is -2.13. The highest BCUT2D eigenvalue weighted by molar-refractivity contribution is 6.21. The Morgan fingerprint density at radius 3 is 2.27 bits per heavy atom. The average Bonchev–Trinajstić information content (AvgIpc) is 2.86. The number of hydrogen-bond acceptors (Lipinski definition) is 5. The summed E-state index contributed by atoms with van der Waals surface area (Å²) in [5, 5.41) is 10.8. The summed E-state index contributed by atoms with van der Waals surface area (Å²) in [4.78, 5) is 36.1. The minimum absolute atomic E-state index is 0.0583. The van der Waals surface area contributed by atoms with Crippen molar-refractivity contribution in [2.45, 2.75) is 19.8 Å². The number of rotatable bonds is 7. The van der Waals surface area contributed by atoms with E-state index in [1.54, 1.807) is 43.3 Å². The molecule has 1 aliphatic rings. The molecule has 0 radical (unpaired) electrons. The van der Waals surface area contributed by atoms with Gasteiger partial charge in [0, 0.05) is 18.2 Å². The van der Waals surface area contributed by atoms with Crippen LogP contribution in [-0.4, -0.2) is 34.8 Å². The van der Waals surface area contributed by atoms with Crippen molar-refractivity contribution in [1.82, 2.24) is 4.90 Å². The Morgan fingerprint density at radius 1 is 1.04 bits per heavy atom. The van der Waals surface area contributed by atoms with Crippen LogP contribution in [0.5, 0.6) is 5.75 Å². The molecule has 0 saturated carbocycles. The molecule has 0 atom stereocenters. The van der Waals surface area contributed by atoms with Crippen LogP contribution in [0.1, 0.15) is 39.1 Å². The maximum absolute atomic E-state index is 12.2. The molecule has 134 valence electrons. The first-order valence-electron chi connectivity index (χ1n) is 8.32. The second kappa shape index (κ2) is 7.35. The van der Waals surface area contributed by atoms with Crippen LogP contribution >= 0.6 is 0 Å². The van der Waals surface area contributed by atoms with Crippen LogP contribution in [0.4, 0.5) is 5.69 Å². The highest BCUT2D eigenvalue weighted by Gasteiger charge is 2.34. The molecule has 0 saturated heterocycles. The lowest BCUT2D eigenvalue weighted by atomic mass is 10.1. The fraction of sp³-hybridized carbons (Fsp3) is 0.263. The largest absolute Gasteiger partial charge is 0.494 e. The number of aryl methyl sites for hydroxylation is 1. The summed E-state index contributed by atoms with van der Waals surface area (Å²) >= 11 is 0. The number of amides is 2. The van der Waals surface area contributed by atoms with Crippen molar-refractivity contribution in [2.24, 2.45) is 0 Å².